The van der Waals surface area contributed by atoms with E-state index >= 15 is 0 Å². The van der Waals surface area contributed by atoms with Gasteiger partial charge in [-0.05, 0) is 0 Å². The standard InChI is InChI=1S/C6H12O4/c7-1-5-3-9-4-6(2-8)10-5/h5-8H,1-4H2/t5-,6-/m1/s1. The first-order valence-corrected chi connectivity index (χ1v) is 3.31. The predicted octanol–water partition coefficient (Wildman–Crippen LogP) is -1.24. The van der Waals surface area contributed by atoms with Crippen molar-refractivity contribution in [3.05, 3.63) is 0 Å². The van der Waals surface area contributed by atoms with Crippen LogP contribution in [0.2, 0.25) is 0 Å². The van der Waals surface area contributed by atoms with Crippen LogP contribution in [0.1, 0.15) is 0 Å². The van der Waals surface area contributed by atoms with E-state index in [1.165, 1.54) is 0 Å². The smallest absolute Gasteiger partial charge is 0.104 e. The van der Waals surface area contributed by atoms with E-state index in [0.29, 0.717) is 13.2 Å². The Morgan fingerprint density at radius 2 is 1.60 bits per heavy atom. The molecule has 2 N–H and O–H groups in total. The second kappa shape index (κ2) is 3.88. The average Bonchev–Trinajstić information content (AvgIpc) is 2.05. The fourth-order valence-corrected chi connectivity index (χ4v) is 0.873. The normalized spacial score (nSPS) is 34.2. The molecule has 1 aliphatic heterocycles. The Morgan fingerprint density at radius 3 is 2.00 bits per heavy atom. The lowest BCUT2D eigenvalue weighted by Gasteiger charge is -2.27. The Morgan fingerprint density at radius 1 is 1.10 bits per heavy atom. The van der Waals surface area contributed by atoms with Crippen molar-refractivity contribution >= 4 is 0 Å². The van der Waals surface area contributed by atoms with E-state index in [1.807, 2.05) is 0 Å². The lowest BCUT2D eigenvalue weighted by molar-refractivity contribution is -0.161. The SMILES string of the molecule is OC[C@@H]1COC[C@@H](CO)O1. The third-order valence-corrected chi connectivity index (χ3v) is 1.40. The third-order valence-electron chi connectivity index (χ3n) is 1.40. The van der Waals surface area contributed by atoms with E-state index < -0.39 is 0 Å². The van der Waals surface area contributed by atoms with Gasteiger partial charge in [-0.15, -0.1) is 0 Å². The molecule has 0 unspecified atom stereocenters. The van der Waals surface area contributed by atoms with Crippen molar-refractivity contribution in [2.45, 2.75) is 12.2 Å². The molecule has 0 aliphatic carbocycles. The van der Waals surface area contributed by atoms with Crippen LogP contribution in [0, 0.1) is 0 Å². The van der Waals surface area contributed by atoms with Crippen LogP contribution in [0.15, 0.2) is 0 Å². The van der Waals surface area contributed by atoms with Gasteiger partial charge in [0, 0.05) is 0 Å². The highest BCUT2D eigenvalue weighted by Gasteiger charge is 2.21. The Kier molecular flexibility index (Phi) is 3.08. The van der Waals surface area contributed by atoms with Crippen LogP contribution >= 0.6 is 0 Å². The van der Waals surface area contributed by atoms with E-state index in [4.69, 9.17) is 19.7 Å². The molecule has 2 atom stereocenters. The van der Waals surface area contributed by atoms with Crippen molar-refractivity contribution in [1.82, 2.24) is 0 Å². The second-order valence-electron chi connectivity index (χ2n) is 2.28. The van der Waals surface area contributed by atoms with Gasteiger partial charge >= 0.3 is 0 Å². The van der Waals surface area contributed by atoms with Crippen molar-refractivity contribution in [3.8, 4) is 0 Å². The molecule has 4 heteroatoms. The zero-order valence-corrected chi connectivity index (χ0v) is 5.69. The first kappa shape index (κ1) is 7.94. The zero-order chi connectivity index (χ0) is 7.40. The molecule has 4 nitrogen and oxygen atoms in total. The van der Waals surface area contributed by atoms with Gasteiger partial charge in [-0.2, -0.15) is 0 Å². The number of aliphatic hydroxyl groups is 2. The molecule has 10 heavy (non-hydrogen) atoms. The second-order valence-corrected chi connectivity index (χ2v) is 2.28. The van der Waals surface area contributed by atoms with Crippen LogP contribution in [0.5, 0.6) is 0 Å². The Hall–Kier alpha value is -0.160. The third kappa shape index (κ3) is 1.91. The van der Waals surface area contributed by atoms with Gasteiger partial charge in [0.15, 0.2) is 0 Å². The maximum Gasteiger partial charge on any atom is 0.104 e. The topological polar surface area (TPSA) is 58.9 Å². The highest BCUT2D eigenvalue weighted by molar-refractivity contribution is 4.66. The van der Waals surface area contributed by atoms with Crippen LogP contribution in [0.4, 0.5) is 0 Å². The zero-order valence-electron chi connectivity index (χ0n) is 5.69. The van der Waals surface area contributed by atoms with Crippen molar-refractivity contribution in [2.24, 2.45) is 0 Å². The molecule has 1 heterocycles. The van der Waals surface area contributed by atoms with E-state index in [0.717, 1.165) is 0 Å². The molecule has 0 aromatic heterocycles. The Balaban J connectivity index is 2.25. The van der Waals surface area contributed by atoms with Gasteiger partial charge in [0.2, 0.25) is 0 Å². The fourth-order valence-electron chi connectivity index (χ4n) is 0.873. The molecular weight excluding hydrogens is 136 g/mol. The van der Waals surface area contributed by atoms with Gasteiger partial charge in [-0.1, -0.05) is 0 Å². The lowest BCUT2D eigenvalue weighted by atomic mass is 10.3. The predicted molar refractivity (Wildman–Crippen MR) is 33.7 cm³/mol. The monoisotopic (exact) mass is 148 g/mol. The molecule has 1 saturated heterocycles. The van der Waals surface area contributed by atoms with Gasteiger partial charge in [0.05, 0.1) is 26.4 Å². The minimum Gasteiger partial charge on any atom is -0.394 e. The summed E-state index contributed by atoms with van der Waals surface area (Å²) in [6, 6.07) is 0. The molecule has 0 aromatic carbocycles. The molecule has 0 radical (unpaired) electrons. The fraction of sp³-hybridized carbons (Fsp3) is 1.00. The van der Waals surface area contributed by atoms with Crippen LogP contribution in [0.3, 0.4) is 0 Å². The van der Waals surface area contributed by atoms with E-state index in [2.05, 4.69) is 0 Å². The van der Waals surface area contributed by atoms with Gasteiger partial charge in [-0.25, -0.2) is 0 Å². The van der Waals surface area contributed by atoms with Crippen molar-refractivity contribution < 1.29 is 19.7 Å². The Labute approximate surface area is 59.4 Å². The van der Waals surface area contributed by atoms with E-state index in [9.17, 15) is 0 Å². The van der Waals surface area contributed by atoms with Crippen molar-refractivity contribution in [3.63, 3.8) is 0 Å². The number of ether oxygens (including phenoxy) is 2. The molecule has 1 rings (SSSR count). The summed E-state index contributed by atoms with van der Waals surface area (Å²) in [5.74, 6) is 0. The first-order chi connectivity index (χ1) is 4.86. The summed E-state index contributed by atoms with van der Waals surface area (Å²) in [4.78, 5) is 0. The molecule has 1 fully saturated rings. The van der Waals surface area contributed by atoms with Gasteiger partial charge < -0.3 is 19.7 Å². The Bertz CT molecular complexity index is 85.7. The number of aliphatic hydroxyl groups excluding tert-OH is 2. The minimum absolute atomic E-state index is 0.0451. The van der Waals surface area contributed by atoms with E-state index in [-0.39, 0.29) is 25.4 Å². The first-order valence-electron chi connectivity index (χ1n) is 3.31. The highest BCUT2D eigenvalue weighted by Crippen LogP contribution is 2.06. The van der Waals surface area contributed by atoms with Crippen molar-refractivity contribution in [2.75, 3.05) is 26.4 Å². The average molecular weight is 148 g/mol. The largest absolute Gasteiger partial charge is 0.394 e. The molecule has 0 saturated carbocycles. The van der Waals surface area contributed by atoms with E-state index in [1.54, 1.807) is 0 Å². The van der Waals surface area contributed by atoms with Crippen LogP contribution in [-0.4, -0.2) is 48.8 Å². The maximum absolute atomic E-state index is 8.62. The number of hydrogen-bond donors (Lipinski definition) is 2. The number of hydrogen-bond acceptors (Lipinski definition) is 4. The molecule has 1 aliphatic rings. The van der Waals surface area contributed by atoms with Gasteiger partial charge in [-0.3, -0.25) is 0 Å². The summed E-state index contributed by atoms with van der Waals surface area (Å²) in [5, 5.41) is 17.2. The molecule has 60 valence electrons. The number of rotatable bonds is 2. The quantitative estimate of drug-likeness (QED) is 0.514. The van der Waals surface area contributed by atoms with Crippen molar-refractivity contribution in [1.29, 1.82) is 0 Å². The minimum atomic E-state index is -0.258. The summed E-state index contributed by atoms with van der Waals surface area (Å²) >= 11 is 0. The van der Waals surface area contributed by atoms with Gasteiger partial charge in [0.25, 0.3) is 0 Å². The molecule has 0 spiro atoms. The maximum atomic E-state index is 8.62. The van der Waals surface area contributed by atoms with Crippen LogP contribution in [0.25, 0.3) is 0 Å². The highest BCUT2D eigenvalue weighted by atomic mass is 16.6. The summed E-state index contributed by atoms with van der Waals surface area (Å²) in [5.41, 5.74) is 0. The van der Waals surface area contributed by atoms with Crippen LogP contribution in [-0.2, 0) is 9.47 Å². The summed E-state index contributed by atoms with van der Waals surface area (Å²) in [6.07, 6.45) is -0.517. The molecule has 0 amide bonds. The molecule has 0 aromatic rings. The molecule has 0 bridgehead atoms. The summed E-state index contributed by atoms with van der Waals surface area (Å²) in [6.45, 7) is 0.757. The lowest BCUT2D eigenvalue weighted by Crippen LogP contribution is -2.39. The van der Waals surface area contributed by atoms with Gasteiger partial charge in [0.1, 0.15) is 12.2 Å². The summed E-state index contributed by atoms with van der Waals surface area (Å²) in [7, 11) is 0. The molecular formula is C6H12O4. The summed E-state index contributed by atoms with van der Waals surface area (Å²) < 4.78 is 10.2. The van der Waals surface area contributed by atoms with Crippen LogP contribution < -0.4 is 0 Å².